The van der Waals surface area contributed by atoms with Gasteiger partial charge in [-0.05, 0) is 41.1 Å². The quantitative estimate of drug-likeness (QED) is 0.385. The molecule has 6 heteroatoms. The lowest BCUT2D eigenvalue weighted by Crippen LogP contribution is -1.93. The van der Waals surface area contributed by atoms with Crippen molar-refractivity contribution in [3.63, 3.8) is 0 Å². The number of fused-ring (bicyclic) bond motifs is 10. The van der Waals surface area contributed by atoms with Gasteiger partial charge in [0.25, 0.3) is 0 Å². The molecular weight excluding hydrogens is 370 g/mol. The molecule has 6 nitrogen and oxygen atoms in total. The van der Waals surface area contributed by atoms with Crippen LogP contribution in [0, 0.1) is 0 Å². The predicted octanol–water partition coefficient (Wildman–Crippen LogP) is 4.86. The number of benzene rings is 4. The number of nitrogens with zero attached hydrogens (tertiary/aromatic N) is 1. The van der Waals surface area contributed by atoms with Gasteiger partial charge in [-0.1, -0.05) is 12.1 Å². The summed E-state index contributed by atoms with van der Waals surface area (Å²) in [7, 11) is 0. The highest BCUT2D eigenvalue weighted by atomic mass is 16.7. The minimum Gasteiger partial charge on any atom is -0.507 e. The number of hydrogen-bond donors (Lipinski definition) is 1. The molecule has 0 bridgehead atoms. The molecule has 0 aliphatic carbocycles. The van der Waals surface area contributed by atoms with Gasteiger partial charge >= 0.3 is 0 Å². The van der Waals surface area contributed by atoms with E-state index >= 15 is 0 Å². The Balaban J connectivity index is 1.65. The second-order valence-corrected chi connectivity index (χ2v) is 7.23. The lowest BCUT2D eigenvalue weighted by Gasteiger charge is -2.12. The molecule has 0 amide bonds. The summed E-state index contributed by atoms with van der Waals surface area (Å²) in [5.41, 5.74) is 0.844. The average Bonchev–Trinajstić information content (AvgIpc) is 3.40. The Morgan fingerprint density at radius 1 is 0.690 bits per heavy atom. The Morgan fingerprint density at radius 3 is 2.41 bits per heavy atom. The lowest BCUT2D eigenvalue weighted by atomic mass is 9.96. The molecule has 2 aliphatic heterocycles. The van der Waals surface area contributed by atoms with Crippen LogP contribution in [0.5, 0.6) is 28.7 Å². The fraction of sp³-hybridized carbons (Fsp3) is 0.0870. The molecule has 0 atom stereocenters. The number of phenolic OH excluding ortho intramolecular Hbond substituents is 1. The van der Waals surface area contributed by atoms with Gasteiger partial charge in [0.15, 0.2) is 23.0 Å². The number of aromatic hydroxyl groups is 1. The minimum absolute atomic E-state index is 0.171. The number of hydrogen-bond acceptors (Lipinski definition) is 6. The third-order valence-electron chi connectivity index (χ3n) is 5.75. The molecule has 0 saturated carbocycles. The van der Waals surface area contributed by atoms with Gasteiger partial charge in [0.2, 0.25) is 13.6 Å². The number of aromatic nitrogens is 1. The molecule has 0 unspecified atom stereocenters. The van der Waals surface area contributed by atoms with Crippen LogP contribution in [-0.4, -0.2) is 23.7 Å². The first kappa shape index (κ1) is 15.0. The molecule has 1 aromatic heterocycles. The van der Waals surface area contributed by atoms with E-state index in [1.807, 2.05) is 42.6 Å². The maximum Gasteiger partial charge on any atom is 0.231 e. The van der Waals surface area contributed by atoms with Gasteiger partial charge in [-0.15, -0.1) is 0 Å². The van der Waals surface area contributed by atoms with Gasteiger partial charge in [0.1, 0.15) is 5.75 Å². The molecular formula is C23H13NO5. The first-order valence-corrected chi connectivity index (χ1v) is 9.27. The molecule has 0 radical (unpaired) electrons. The van der Waals surface area contributed by atoms with Crippen LogP contribution in [0.15, 0.2) is 48.7 Å². The van der Waals surface area contributed by atoms with E-state index in [-0.39, 0.29) is 19.3 Å². The normalized spacial score (nSPS) is 14.5. The van der Waals surface area contributed by atoms with Crippen molar-refractivity contribution >= 4 is 43.2 Å². The average molecular weight is 383 g/mol. The maximum absolute atomic E-state index is 10.7. The smallest absolute Gasteiger partial charge is 0.231 e. The van der Waals surface area contributed by atoms with Crippen LogP contribution in [0.2, 0.25) is 0 Å². The third-order valence-corrected chi connectivity index (χ3v) is 5.75. The van der Waals surface area contributed by atoms with Crippen LogP contribution in [0.4, 0.5) is 0 Å². The summed E-state index contributed by atoms with van der Waals surface area (Å²) >= 11 is 0. The standard InChI is InChI=1S/C23H13NO5/c25-17-6-15-12-2-1-11-5-19-20(28-9-27-19)7-14(11)22(12)24-8-16(15)21-13(17)3-4-18-23(21)29-10-26-18/h1-8,25H,9-10H2. The summed E-state index contributed by atoms with van der Waals surface area (Å²) in [5, 5.41) is 17.0. The van der Waals surface area contributed by atoms with Crippen LogP contribution in [0.25, 0.3) is 43.2 Å². The van der Waals surface area contributed by atoms with Crippen LogP contribution in [-0.2, 0) is 0 Å². The Kier molecular flexibility index (Phi) is 2.65. The van der Waals surface area contributed by atoms with Gasteiger partial charge in [0, 0.05) is 33.1 Å². The Bertz CT molecular complexity index is 1530. The monoisotopic (exact) mass is 383 g/mol. The zero-order valence-corrected chi connectivity index (χ0v) is 15.1. The van der Waals surface area contributed by atoms with Gasteiger partial charge in [0.05, 0.1) is 5.52 Å². The Labute approximate surface area is 163 Å². The van der Waals surface area contributed by atoms with Crippen molar-refractivity contribution in [3.8, 4) is 28.7 Å². The first-order valence-electron chi connectivity index (χ1n) is 9.27. The topological polar surface area (TPSA) is 70.0 Å². The van der Waals surface area contributed by atoms with Crippen molar-refractivity contribution in [2.24, 2.45) is 0 Å². The molecule has 1 N–H and O–H groups in total. The third kappa shape index (κ3) is 1.88. The van der Waals surface area contributed by atoms with Gasteiger partial charge in [-0.25, -0.2) is 0 Å². The van der Waals surface area contributed by atoms with Crippen molar-refractivity contribution in [3.05, 3.63) is 48.7 Å². The largest absolute Gasteiger partial charge is 0.507 e. The fourth-order valence-corrected chi connectivity index (χ4v) is 4.42. The molecule has 140 valence electrons. The molecule has 0 saturated heterocycles. The summed E-state index contributed by atoms with van der Waals surface area (Å²) in [6, 6.07) is 13.5. The SMILES string of the molecule is Oc1cc2c3ccc4cc5c(cc4c3ncc2c2c3c(ccc12)OCO3)OCO5. The zero-order chi connectivity index (χ0) is 19.1. The zero-order valence-electron chi connectivity index (χ0n) is 15.1. The van der Waals surface area contributed by atoms with E-state index in [1.54, 1.807) is 6.07 Å². The van der Waals surface area contributed by atoms with E-state index < -0.39 is 0 Å². The van der Waals surface area contributed by atoms with Crippen LogP contribution < -0.4 is 18.9 Å². The van der Waals surface area contributed by atoms with Crippen molar-refractivity contribution in [2.45, 2.75) is 0 Å². The van der Waals surface area contributed by atoms with Crippen molar-refractivity contribution in [2.75, 3.05) is 13.6 Å². The summed E-state index contributed by atoms with van der Waals surface area (Å²) in [6.07, 6.45) is 1.84. The summed E-state index contributed by atoms with van der Waals surface area (Å²) in [6.45, 7) is 0.400. The molecule has 3 heterocycles. The minimum atomic E-state index is 0.171. The van der Waals surface area contributed by atoms with Crippen LogP contribution >= 0.6 is 0 Å². The lowest BCUT2D eigenvalue weighted by molar-refractivity contribution is 0.174. The Morgan fingerprint density at radius 2 is 1.48 bits per heavy atom. The van der Waals surface area contributed by atoms with Crippen LogP contribution in [0.1, 0.15) is 0 Å². The molecule has 4 aromatic carbocycles. The molecule has 0 spiro atoms. The van der Waals surface area contributed by atoms with E-state index in [9.17, 15) is 5.11 Å². The number of phenols is 1. The van der Waals surface area contributed by atoms with E-state index in [2.05, 4.69) is 0 Å². The summed E-state index contributed by atoms with van der Waals surface area (Å²) in [5.74, 6) is 2.99. The number of ether oxygens (including phenoxy) is 4. The van der Waals surface area contributed by atoms with Crippen molar-refractivity contribution in [1.82, 2.24) is 4.98 Å². The van der Waals surface area contributed by atoms with E-state index in [0.717, 1.165) is 49.3 Å². The van der Waals surface area contributed by atoms with Crippen molar-refractivity contribution in [1.29, 1.82) is 0 Å². The molecule has 2 aliphatic rings. The van der Waals surface area contributed by atoms with Crippen LogP contribution in [0.3, 0.4) is 0 Å². The number of pyridine rings is 1. The highest BCUT2D eigenvalue weighted by molar-refractivity contribution is 6.23. The molecule has 0 fully saturated rings. The summed E-state index contributed by atoms with van der Waals surface area (Å²) < 4.78 is 22.3. The van der Waals surface area contributed by atoms with Gasteiger partial charge in [-0.3, -0.25) is 4.98 Å². The van der Waals surface area contributed by atoms with E-state index in [0.29, 0.717) is 16.9 Å². The highest BCUT2D eigenvalue weighted by Gasteiger charge is 2.22. The predicted molar refractivity (Wildman–Crippen MR) is 108 cm³/mol. The maximum atomic E-state index is 10.7. The molecule has 5 aromatic rings. The molecule has 7 rings (SSSR count). The first-order chi connectivity index (χ1) is 14.3. The molecule has 29 heavy (non-hydrogen) atoms. The van der Waals surface area contributed by atoms with E-state index in [1.165, 1.54) is 0 Å². The van der Waals surface area contributed by atoms with Gasteiger partial charge < -0.3 is 24.1 Å². The van der Waals surface area contributed by atoms with Gasteiger partial charge in [-0.2, -0.15) is 0 Å². The highest BCUT2D eigenvalue weighted by Crippen LogP contribution is 2.47. The fourth-order valence-electron chi connectivity index (χ4n) is 4.42. The number of rotatable bonds is 0. The summed E-state index contributed by atoms with van der Waals surface area (Å²) in [4.78, 5) is 4.79. The van der Waals surface area contributed by atoms with Crippen molar-refractivity contribution < 1.29 is 24.1 Å². The second kappa shape index (κ2) is 5.11. The Hall–Kier alpha value is -3.93. The van der Waals surface area contributed by atoms with E-state index in [4.69, 9.17) is 23.9 Å². The second-order valence-electron chi connectivity index (χ2n) is 7.23.